The van der Waals surface area contributed by atoms with Gasteiger partial charge >= 0.3 is 0 Å². The monoisotopic (exact) mass is 354 g/mol. The molecule has 2 aromatic rings. The summed E-state index contributed by atoms with van der Waals surface area (Å²) in [6.07, 6.45) is 2.29. The number of nitrogens with one attached hydrogen (secondary N) is 1. The van der Waals surface area contributed by atoms with Crippen LogP contribution in [0, 0.1) is 11.7 Å². The largest absolute Gasteiger partial charge is 0.338 e. The highest BCUT2D eigenvalue weighted by atomic mass is 19.1. The molecule has 0 bridgehead atoms. The molecule has 1 aliphatic rings. The predicted octanol–water partition coefficient (Wildman–Crippen LogP) is 3.88. The van der Waals surface area contributed by atoms with E-state index in [9.17, 15) is 14.0 Å². The van der Waals surface area contributed by atoms with Gasteiger partial charge in [0.05, 0.1) is 11.5 Å². The number of likely N-dealkylation sites (tertiary alicyclic amines) is 1. The van der Waals surface area contributed by atoms with Crippen LogP contribution in [0.1, 0.15) is 35.7 Å². The Hall–Kier alpha value is -2.69. The summed E-state index contributed by atoms with van der Waals surface area (Å²) in [5.74, 6) is -1.25. The minimum atomic E-state index is -0.527. The van der Waals surface area contributed by atoms with E-state index < -0.39 is 5.82 Å². The second kappa shape index (κ2) is 8.13. The summed E-state index contributed by atoms with van der Waals surface area (Å²) in [6.45, 7) is 2.90. The first-order valence-electron chi connectivity index (χ1n) is 9.02. The summed E-state index contributed by atoms with van der Waals surface area (Å²) >= 11 is 0. The fraction of sp³-hybridized carbons (Fsp3) is 0.333. The van der Waals surface area contributed by atoms with E-state index in [0.717, 1.165) is 30.5 Å². The van der Waals surface area contributed by atoms with Gasteiger partial charge in [-0.25, -0.2) is 4.39 Å². The van der Waals surface area contributed by atoms with E-state index in [4.69, 9.17) is 0 Å². The van der Waals surface area contributed by atoms with Gasteiger partial charge in [-0.1, -0.05) is 37.3 Å². The average Bonchev–Trinajstić information content (AvgIpc) is 2.68. The molecule has 1 fully saturated rings. The first-order valence-corrected chi connectivity index (χ1v) is 9.02. The van der Waals surface area contributed by atoms with Gasteiger partial charge in [-0.05, 0) is 43.0 Å². The molecular weight excluding hydrogens is 331 g/mol. The lowest BCUT2D eigenvalue weighted by atomic mass is 9.96. The fourth-order valence-corrected chi connectivity index (χ4v) is 3.37. The van der Waals surface area contributed by atoms with Crippen LogP contribution >= 0.6 is 0 Å². The Bertz CT molecular complexity index is 806. The zero-order chi connectivity index (χ0) is 18.5. The number of benzene rings is 2. The van der Waals surface area contributed by atoms with Gasteiger partial charge in [-0.2, -0.15) is 0 Å². The summed E-state index contributed by atoms with van der Waals surface area (Å²) in [4.78, 5) is 26.9. The van der Waals surface area contributed by atoms with E-state index in [1.807, 2.05) is 31.2 Å². The number of nitrogens with zero attached hydrogens (tertiary/aromatic N) is 1. The van der Waals surface area contributed by atoms with Crippen molar-refractivity contribution in [3.8, 4) is 0 Å². The van der Waals surface area contributed by atoms with Crippen LogP contribution in [0.3, 0.4) is 0 Å². The molecule has 1 heterocycles. The zero-order valence-electron chi connectivity index (χ0n) is 14.9. The third-order valence-corrected chi connectivity index (χ3v) is 4.84. The predicted molar refractivity (Wildman–Crippen MR) is 99.5 cm³/mol. The lowest BCUT2D eigenvalue weighted by Gasteiger charge is -2.32. The summed E-state index contributed by atoms with van der Waals surface area (Å²) in [6, 6.07) is 13.7. The molecular formula is C21H23FN2O2. The van der Waals surface area contributed by atoms with Crippen molar-refractivity contribution in [1.82, 2.24) is 4.90 Å². The molecule has 5 heteroatoms. The lowest BCUT2D eigenvalue weighted by molar-refractivity contribution is -0.121. The number of carbonyl (C=O) groups excluding carboxylic acids is 2. The van der Waals surface area contributed by atoms with Crippen molar-refractivity contribution in [2.45, 2.75) is 26.2 Å². The molecule has 0 aliphatic carbocycles. The van der Waals surface area contributed by atoms with Crippen molar-refractivity contribution in [1.29, 1.82) is 0 Å². The molecule has 1 saturated heterocycles. The minimum absolute atomic E-state index is 0.0601. The smallest absolute Gasteiger partial charge is 0.256 e. The maximum atomic E-state index is 13.9. The Morgan fingerprint density at radius 2 is 1.88 bits per heavy atom. The number of piperidine rings is 1. The molecule has 0 aromatic heterocycles. The maximum absolute atomic E-state index is 13.9. The highest BCUT2D eigenvalue weighted by Gasteiger charge is 2.30. The van der Waals surface area contributed by atoms with Gasteiger partial charge in [0.25, 0.3) is 5.91 Å². The van der Waals surface area contributed by atoms with E-state index in [2.05, 4.69) is 5.32 Å². The highest BCUT2D eigenvalue weighted by Crippen LogP contribution is 2.23. The van der Waals surface area contributed by atoms with Crippen molar-refractivity contribution < 1.29 is 14.0 Å². The summed E-state index contributed by atoms with van der Waals surface area (Å²) in [5.41, 5.74) is 1.96. The average molecular weight is 354 g/mol. The van der Waals surface area contributed by atoms with Crippen LogP contribution in [-0.4, -0.2) is 29.8 Å². The third kappa shape index (κ3) is 3.93. The number of aryl methyl sites for hydroxylation is 1. The van der Waals surface area contributed by atoms with Crippen LogP contribution in [0.15, 0.2) is 48.5 Å². The quantitative estimate of drug-likeness (QED) is 0.906. The van der Waals surface area contributed by atoms with Crippen LogP contribution in [0.25, 0.3) is 0 Å². The molecule has 3 rings (SSSR count). The third-order valence-electron chi connectivity index (χ3n) is 4.84. The van der Waals surface area contributed by atoms with Crippen LogP contribution in [0.2, 0.25) is 0 Å². The first kappa shape index (κ1) is 18.1. The molecule has 136 valence electrons. The van der Waals surface area contributed by atoms with E-state index in [0.29, 0.717) is 13.1 Å². The molecule has 0 saturated carbocycles. The fourth-order valence-electron chi connectivity index (χ4n) is 3.37. The molecule has 1 aliphatic heterocycles. The summed E-state index contributed by atoms with van der Waals surface area (Å²) < 4.78 is 13.9. The Labute approximate surface area is 153 Å². The van der Waals surface area contributed by atoms with Crippen molar-refractivity contribution in [2.24, 2.45) is 5.92 Å². The number of carbonyl (C=O) groups is 2. The second-order valence-corrected chi connectivity index (χ2v) is 6.57. The maximum Gasteiger partial charge on any atom is 0.256 e. The van der Waals surface area contributed by atoms with Crippen LogP contribution < -0.4 is 5.32 Å². The lowest BCUT2D eigenvalue weighted by Crippen LogP contribution is -2.44. The van der Waals surface area contributed by atoms with Crippen LogP contribution in [-0.2, 0) is 11.2 Å². The molecule has 1 N–H and O–H groups in total. The molecule has 2 aromatic carbocycles. The number of hydrogen-bond acceptors (Lipinski definition) is 2. The van der Waals surface area contributed by atoms with E-state index in [1.54, 1.807) is 17.0 Å². The topological polar surface area (TPSA) is 49.4 Å². The number of rotatable bonds is 4. The molecule has 26 heavy (non-hydrogen) atoms. The zero-order valence-corrected chi connectivity index (χ0v) is 14.9. The number of halogens is 1. The van der Waals surface area contributed by atoms with E-state index in [1.165, 1.54) is 12.1 Å². The van der Waals surface area contributed by atoms with E-state index in [-0.39, 0.29) is 23.3 Å². The molecule has 2 amide bonds. The Balaban J connectivity index is 1.69. The van der Waals surface area contributed by atoms with Gasteiger partial charge in [0.1, 0.15) is 5.82 Å². The minimum Gasteiger partial charge on any atom is -0.338 e. The van der Waals surface area contributed by atoms with Crippen LogP contribution in [0.4, 0.5) is 10.1 Å². The summed E-state index contributed by atoms with van der Waals surface area (Å²) in [5, 5.41) is 2.99. The van der Waals surface area contributed by atoms with Crippen molar-refractivity contribution in [3.05, 3.63) is 65.5 Å². The van der Waals surface area contributed by atoms with Crippen molar-refractivity contribution in [2.75, 3.05) is 18.4 Å². The normalized spacial score (nSPS) is 17.0. The Kier molecular flexibility index (Phi) is 5.66. The number of anilines is 1. The summed E-state index contributed by atoms with van der Waals surface area (Å²) in [7, 11) is 0. The van der Waals surface area contributed by atoms with Crippen molar-refractivity contribution in [3.63, 3.8) is 0 Å². The van der Waals surface area contributed by atoms with Crippen LogP contribution in [0.5, 0.6) is 0 Å². The van der Waals surface area contributed by atoms with Gasteiger partial charge in [-0.15, -0.1) is 0 Å². The van der Waals surface area contributed by atoms with Crippen molar-refractivity contribution >= 4 is 17.5 Å². The Morgan fingerprint density at radius 3 is 2.65 bits per heavy atom. The Morgan fingerprint density at radius 1 is 1.15 bits per heavy atom. The van der Waals surface area contributed by atoms with Gasteiger partial charge < -0.3 is 10.2 Å². The molecule has 0 spiro atoms. The van der Waals surface area contributed by atoms with Gasteiger partial charge in [0.2, 0.25) is 5.91 Å². The number of amides is 2. The van der Waals surface area contributed by atoms with Gasteiger partial charge in [0.15, 0.2) is 0 Å². The SMILES string of the molecule is CCc1ccccc1NC(=O)[C@@H]1CCCN(C(=O)c2ccccc2F)C1. The van der Waals surface area contributed by atoms with E-state index >= 15 is 0 Å². The second-order valence-electron chi connectivity index (χ2n) is 6.57. The number of hydrogen-bond donors (Lipinski definition) is 1. The van der Waals surface area contributed by atoms with Gasteiger partial charge in [0, 0.05) is 18.8 Å². The molecule has 0 unspecified atom stereocenters. The standard InChI is InChI=1S/C21H23FN2O2/c1-2-15-8-3-6-12-19(15)23-20(25)16-9-7-13-24(14-16)21(26)17-10-4-5-11-18(17)22/h3-6,8,10-12,16H,2,7,9,13-14H2,1H3,(H,23,25)/t16-/m1/s1. The molecule has 1 atom stereocenters. The number of para-hydroxylation sites is 1. The first-order chi connectivity index (χ1) is 12.6. The molecule has 4 nitrogen and oxygen atoms in total. The molecule has 0 radical (unpaired) electrons. The van der Waals surface area contributed by atoms with Gasteiger partial charge in [-0.3, -0.25) is 9.59 Å². The highest BCUT2D eigenvalue weighted by molar-refractivity contribution is 5.96.